The van der Waals surface area contributed by atoms with Crippen molar-refractivity contribution >= 4 is 13.3 Å². The standard InChI is InChI=1S/C26H19BF2O2/c27-18-9-14-23-24(15-18)26(31,17-7-12-20(29)13-8-17)22-4-2-1-3-21(22)25(23,30)16-5-10-19(28)11-6-16/h1-15,30-31H,27H2. The molecule has 0 spiro atoms. The van der Waals surface area contributed by atoms with Gasteiger partial charge in [-0.05, 0) is 57.6 Å². The van der Waals surface area contributed by atoms with E-state index in [4.69, 9.17) is 0 Å². The fourth-order valence-corrected chi connectivity index (χ4v) is 4.68. The monoisotopic (exact) mass is 412 g/mol. The van der Waals surface area contributed by atoms with Crippen molar-refractivity contribution in [1.82, 2.24) is 0 Å². The van der Waals surface area contributed by atoms with E-state index in [1.165, 1.54) is 24.3 Å². The molecule has 31 heavy (non-hydrogen) atoms. The fourth-order valence-electron chi connectivity index (χ4n) is 4.68. The van der Waals surface area contributed by atoms with Crippen LogP contribution in [0.25, 0.3) is 0 Å². The van der Waals surface area contributed by atoms with Gasteiger partial charge in [-0.1, -0.05) is 72.2 Å². The SMILES string of the molecule is Bc1ccc2c(c1)C(O)(c1ccc(F)cc1)c1ccccc1C2(O)c1ccc(F)cc1. The lowest BCUT2D eigenvalue weighted by Crippen LogP contribution is -2.44. The highest BCUT2D eigenvalue weighted by Crippen LogP contribution is 2.52. The quantitative estimate of drug-likeness (QED) is 0.497. The average Bonchev–Trinajstić information content (AvgIpc) is 2.78. The third-order valence-corrected chi connectivity index (χ3v) is 6.19. The lowest BCUT2D eigenvalue weighted by atomic mass is 9.63. The van der Waals surface area contributed by atoms with E-state index in [-0.39, 0.29) is 0 Å². The van der Waals surface area contributed by atoms with Gasteiger partial charge in [-0.2, -0.15) is 0 Å². The summed E-state index contributed by atoms with van der Waals surface area (Å²) in [6.07, 6.45) is 0. The first-order chi connectivity index (χ1) is 14.8. The van der Waals surface area contributed by atoms with Gasteiger partial charge < -0.3 is 10.2 Å². The van der Waals surface area contributed by atoms with Crippen LogP contribution in [0.15, 0.2) is 91.0 Å². The Kier molecular flexibility index (Phi) is 4.36. The summed E-state index contributed by atoms with van der Waals surface area (Å²) in [5.41, 5.74) is 0.676. The summed E-state index contributed by atoms with van der Waals surface area (Å²) in [5, 5.41) is 24.4. The van der Waals surface area contributed by atoms with Crippen LogP contribution in [0.4, 0.5) is 8.78 Å². The zero-order valence-corrected chi connectivity index (χ0v) is 16.8. The molecular weight excluding hydrogens is 393 g/mol. The second-order valence-corrected chi connectivity index (χ2v) is 8.03. The molecule has 0 fully saturated rings. The minimum absolute atomic E-state index is 0.399. The lowest BCUT2D eigenvalue weighted by molar-refractivity contribution is 0.0748. The Labute approximate surface area is 179 Å². The van der Waals surface area contributed by atoms with Gasteiger partial charge in [0.2, 0.25) is 0 Å². The Morgan fingerprint density at radius 1 is 0.548 bits per heavy atom. The number of fused-ring (bicyclic) bond motifs is 2. The molecule has 0 radical (unpaired) electrons. The number of hydrogen-bond acceptors (Lipinski definition) is 2. The van der Waals surface area contributed by atoms with Crippen molar-refractivity contribution in [2.45, 2.75) is 11.2 Å². The van der Waals surface area contributed by atoms with E-state index >= 15 is 0 Å². The highest BCUT2D eigenvalue weighted by Gasteiger charge is 2.50. The number of rotatable bonds is 2. The van der Waals surface area contributed by atoms with Crippen molar-refractivity contribution in [1.29, 1.82) is 0 Å². The molecule has 4 aromatic carbocycles. The van der Waals surface area contributed by atoms with Crippen LogP contribution in [0.5, 0.6) is 0 Å². The van der Waals surface area contributed by atoms with Gasteiger partial charge in [0.05, 0.1) is 0 Å². The predicted molar refractivity (Wildman–Crippen MR) is 118 cm³/mol. The molecule has 0 aliphatic heterocycles. The normalized spacial score (nSPS) is 21.9. The van der Waals surface area contributed by atoms with Crippen LogP contribution < -0.4 is 5.46 Å². The van der Waals surface area contributed by atoms with Crippen molar-refractivity contribution in [2.75, 3.05) is 0 Å². The molecule has 0 saturated heterocycles. The summed E-state index contributed by atoms with van der Waals surface area (Å²) < 4.78 is 27.3. The number of benzene rings is 4. The molecule has 2 N–H and O–H groups in total. The zero-order chi connectivity index (χ0) is 21.8. The van der Waals surface area contributed by atoms with Crippen LogP contribution in [0.3, 0.4) is 0 Å². The summed E-state index contributed by atoms with van der Waals surface area (Å²) in [7, 11) is 1.91. The first kappa shape index (κ1) is 19.7. The first-order valence-corrected chi connectivity index (χ1v) is 10.0. The summed E-state index contributed by atoms with van der Waals surface area (Å²) in [4.78, 5) is 0. The molecule has 0 aromatic heterocycles. The molecular formula is C26H19BF2O2. The van der Waals surface area contributed by atoms with Crippen molar-refractivity contribution in [3.63, 3.8) is 0 Å². The number of halogens is 2. The summed E-state index contributed by atoms with van der Waals surface area (Å²) in [6.45, 7) is 0. The fraction of sp³-hybridized carbons (Fsp3) is 0.0769. The van der Waals surface area contributed by atoms with Crippen LogP contribution in [0.1, 0.15) is 33.4 Å². The largest absolute Gasteiger partial charge is 0.376 e. The molecule has 1 aliphatic carbocycles. The van der Waals surface area contributed by atoms with E-state index in [1.807, 2.05) is 20.0 Å². The van der Waals surface area contributed by atoms with Crippen LogP contribution in [0, 0.1) is 11.6 Å². The maximum absolute atomic E-state index is 13.7. The summed E-state index contributed by atoms with van der Waals surface area (Å²) in [5.74, 6) is -0.799. The van der Waals surface area contributed by atoms with Gasteiger partial charge in [-0.3, -0.25) is 0 Å². The van der Waals surface area contributed by atoms with E-state index in [0.29, 0.717) is 33.4 Å². The Balaban J connectivity index is 1.89. The van der Waals surface area contributed by atoms with Gasteiger partial charge in [0.15, 0.2) is 0 Å². The second-order valence-electron chi connectivity index (χ2n) is 8.03. The Hall–Kier alpha value is -3.28. The van der Waals surface area contributed by atoms with Gasteiger partial charge in [0.1, 0.15) is 30.7 Å². The maximum Gasteiger partial charge on any atom is 0.141 e. The molecule has 0 heterocycles. The van der Waals surface area contributed by atoms with E-state index in [2.05, 4.69) is 0 Å². The molecule has 4 aromatic rings. The molecule has 2 atom stereocenters. The van der Waals surface area contributed by atoms with Crippen molar-refractivity contribution < 1.29 is 19.0 Å². The molecule has 2 unspecified atom stereocenters. The van der Waals surface area contributed by atoms with E-state index in [9.17, 15) is 19.0 Å². The number of hydrogen-bond donors (Lipinski definition) is 2. The molecule has 1 aliphatic rings. The van der Waals surface area contributed by atoms with Crippen molar-refractivity contribution in [2.24, 2.45) is 0 Å². The van der Waals surface area contributed by atoms with E-state index < -0.39 is 22.8 Å². The number of aliphatic hydroxyl groups is 2. The summed E-state index contributed by atoms with van der Waals surface area (Å²) in [6, 6.07) is 24.1. The van der Waals surface area contributed by atoms with Gasteiger partial charge in [0, 0.05) is 0 Å². The second kappa shape index (κ2) is 6.87. The van der Waals surface area contributed by atoms with Crippen LogP contribution >= 0.6 is 0 Å². The van der Waals surface area contributed by atoms with Gasteiger partial charge in [0.25, 0.3) is 0 Å². The minimum Gasteiger partial charge on any atom is -0.376 e. The predicted octanol–water partition coefficient (Wildman–Crippen LogP) is 3.11. The molecule has 2 nitrogen and oxygen atoms in total. The van der Waals surface area contributed by atoms with E-state index in [0.717, 1.165) is 5.46 Å². The Morgan fingerprint density at radius 2 is 0.968 bits per heavy atom. The van der Waals surface area contributed by atoms with E-state index in [1.54, 1.807) is 54.6 Å². The first-order valence-electron chi connectivity index (χ1n) is 10.0. The molecule has 0 saturated carbocycles. The highest BCUT2D eigenvalue weighted by molar-refractivity contribution is 6.32. The maximum atomic E-state index is 13.7. The van der Waals surface area contributed by atoms with Crippen molar-refractivity contribution in [3.05, 3.63) is 136 Å². The van der Waals surface area contributed by atoms with Crippen LogP contribution in [0.2, 0.25) is 0 Å². The topological polar surface area (TPSA) is 40.5 Å². The van der Waals surface area contributed by atoms with Crippen molar-refractivity contribution in [3.8, 4) is 0 Å². The van der Waals surface area contributed by atoms with Gasteiger partial charge >= 0.3 is 0 Å². The Bertz CT molecular complexity index is 1290. The highest BCUT2D eigenvalue weighted by atomic mass is 19.1. The third kappa shape index (κ3) is 2.78. The molecule has 0 amide bonds. The molecule has 5 heteroatoms. The molecule has 0 bridgehead atoms. The van der Waals surface area contributed by atoms with Crippen LogP contribution in [-0.4, -0.2) is 18.1 Å². The Morgan fingerprint density at radius 3 is 1.45 bits per heavy atom. The zero-order valence-electron chi connectivity index (χ0n) is 16.8. The van der Waals surface area contributed by atoms with Crippen LogP contribution in [-0.2, 0) is 11.2 Å². The molecule has 5 rings (SSSR count). The average molecular weight is 412 g/mol. The van der Waals surface area contributed by atoms with Gasteiger partial charge in [-0.15, -0.1) is 0 Å². The molecule has 152 valence electrons. The summed E-state index contributed by atoms with van der Waals surface area (Å²) >= 11 is 0. The third-order valence-electron chi connectivity index (χ3n) is 6.19. The van der Waals surface area contributed by atoms with Gasteiger partial charge in [-0.25, -0.2) is 8.78 Å². The smallest absolute Gasteiger partial charge is 0.141 e. The minimum atomic E-state index is -1.60. The lowest BCUT2D eigenvalue weighted by Gasteiger charge is -2.45.